The molecule has 1 rings (SSSR count). The van der Waals surface area contributed by atoms with Crippen molar-refractivity contribution in [3.63, 3.8) is 0 Å². The van der Waals surface area contributed by atoms with Gasteiger partial charge in [-0.25, -0.2) is 0 Å². The van der Waals surface area contributed by atoms with E-state index in [1.54, 1.807) is 0 Å². The van der Waals surface area contributed by atoms with Gasteiger partial charge < -0.3 is 5.73 Å². The molecule has 1 unspecified atom stereocenters. The van der Waals surface area contributed by atoms with Crippen LogP contribution in [0.5, 0.6) is 0 Å². The molecule has 13 heavy (non-hydrogen) atoms. The van der Waals surface area contributed by atoms with Gasteiger partial charge in [0.1, 0.15) is 0 Å². The molecule has 0 amide bonds. The van der Waals surface area contributed by atoms with E-state index in [0.717, 1.165) is 6.54 Å². The zero-order valence-corrected chi connectivity index (χ0v) is 9.34. The van der Waals surface area contributed by atoms with Gasteiger partial charge in [-0.1, -0.05) is 20.8 Å². The van der Waals surface area contributed by atoms with Crippen molar-refractivity contribution >= 4 is 0 Å². The van der Waals surface area contributed by atoms with E-state index in [4.69, 9.17) is 5.73 Å². The van der Waals surface area contributed by atoms with Crippen LogP contribution in [0.1, 0.15) is 40.0 Å². The van der Waals surface area contributed by atoms with Crippen molar-refractivity contribution in [2.45, 2.75) is 46.1 Å². The van der Waals surface area contributed by atoms with Crippen LogP contribution in [0.4, 0.5) is 0 Å². The summed E-state index contributed by atoms with van der Waals surface area (Å²) in [7, 11) is 0. The van der Waals surface area contributed by atoms with Crippen molar-refractivity contribution in [2.75, 3.05) is 19.6 Å². The largest absolute Gasteiger partial charge is 0.329 e. The van der Waals surface area contributed by atoms with E-state index in [1.807, 2.05) is 0 Å². The summed E-state index contributed by atoms with van der Waals surface area (Å²) >= 11 is 0. The van der Waals surface area contributed by atoms with Gasteiger partial charge >= 0.3 is 0 Å². The van der Waals surface area contributed by atoms with Crippen LogP contribution < -0.4 is 5.73 Å². The van der Waals surface area contributed by atoms with E-state index >= 15 is 0 Å². The number of likely N-dealkylation sites (tertiary alicyclic amines) is 1. The SMILES string of the molecule is CCC(CN)N1CCC(C)(C)CC1. The van der Waals surface area contributed by atoms with Crippen molar-refractivity contribution in [1.82, 2.24) is 4.90 Å². The minimum Gasteiger partial charge on any atom is -0.329 e. The number of hydrogen-bond donors (Lipinski definition) is 1. The first kappa shape index (κ1) is 11.0. The lowest BCUT2D eigenvalue weighted by Gasteiger charge is -2.40. The zero-order chi connectivity index (χ0) is 9.90. The maximum absolute atomic E-state index is 5.74. The Kier molecular flexibility index (Phi) is 3.74. The van der Waals surface area contributed by atoms with E-state index in [2.05, 4.69) is 25.7 Å². The lowest BCUT2D eigenvalue weighted by molar-refractivity contribution is 0.0947. The van der Waals surface area contributed by atoms with Crippen molar-refractivity contribution in [1.29, 1.82) is 0 Å². The van der Waals surface area contributed by atoms with Gasteiger partial charge in [-0.15, -0.1) is 0 Å². The Morgan fingerprint density at radius 3 is 2.23 bits per heavy atom. The molecular formula is C11H24N2. The molecule has 78 valence electrons. The maximum Gasteiger partial charge on any atom is 0.0215 e. The Labute approximate surface area is 82.5 Å². The molecule has 1 saturated heterocycles. The fraction of sp³-hybridized carbons (Fsp3) is 1.00. The molecule has 0 aromatic heterocycles. The molecule has 1 atom stereocenters. The number of rotatable bonds is 3. The monoisotopic (exact) mass is 184 g/mol. The normalized spacial score (nSPS) is 25.8. The summed E-state index contributed by atoms with van der Waals surface area (Å²) < 4.78 is 0. The smallest absolute Gasteiger partial charge is 0.0215 e. The van der Waals surface area contributed by atoms with Crippen LogP contribution in [0.25, 0.3) is 0 Å². The summed E-state index contributed by atoms with van der Waals surface area (Å²) in [5.41, 5.74) is 6.30. The molecule has 1 heterocycles. The molecule has 1 aliphatic heterocycles. The Hall–Kier alpha value is -0.0800. The van der Waals surface area contributed by atoms with Crippen LogP contribution in [-0.2, 0) is 0 Å². The highest BCUT2D eigenvalue weighted by Gasteiger charge is 2.27. The zero-order valence-electron chi connectivity index (χ0n) is 9.34. The lowest BCUT2D eigenvalue weighted by Crippen LogP contribution is -2.46. The fourth-order valence-electron chi connectivity index (χ4n) is 2.07. The molecule has 0 spiro atoms. The van der Waals surface area contributed by atoms with E-state index in [1.165, 1.54) is 32.4 Å². The van der Waals surface area contributed by atoms with E-state index in [9.17, 15) is 0 Å². The van der Waals surface area contributed by atoms with E-state index in [0.29, 0.717) is 11.5 Å². The molecule has 1 aliphatic rings. The van der Waals surface area contributed by atoms with E-state index in [-0.39, 0.29) is 0 Å². The average Bonchev–Trinajstić information content (AvgIpc) is 2.09. The highest BCUT2D eigenvalue weighted by molar-refractivity contribution is 4.82. The van der Waals surface area contributed by atoms with Gasteiger partial charge in [0.2, 0.25) is 0 Å². The van der Waals surface area contributed by atoms with Gasteiger partial charge in [0.05, 0.1) is 0 Å². The summed E-state index contributed by atoms with van der Waals surface area (Å²) in [6.07, 6.45) is 3.84. The molecule has 0 bridgehead atoms. The van der Waals surface area contributed by atoms with Crippen molar-refractivity contribution in [2.24, 2.45) is 11.1 Å². The highest BCUT2D eigenvalue weighted by atomic mass is 15.2. The standard InChI is InChI=1S/C11H24N2/c1-4-10(9-12)13-7-5-11(2,3)6-8-13/h10H,4-9,12H2,1-3H3. The average molecular weight is 184 g/mol. The summed E-state index contributed by atoms with van der Waals surface area (Å²) in [6.45, 7) is 10.3. The van der Waals surface area contributed by atoms with Gasteiger partial charge in [-0.05, 0) is 37.8 Å². The Morgan fingerprint density at radius 2 is 1.85 bits per heavy atom. The quantitative estimate of drug-likeness (QED) is 0.725. The third-order valence-electron chi connectivity index (χ3n) is 3.41. The fourth-order valence-corrected chi connectivity index (χ4v) is 2.07. The molecular weight excluding hydrogens is 160 g/mol. The molecule has 2 N–H and O–H groups in total. The molecule has 0 radical (unpaired) electrons. The summed E-state index contributed by atoms with van der Waals surface area (Å²) in [6, 6.07) is 0.621. The molecule has 2 heteroatoms. The Bertz CT molecular complexity index is 140. The molecule has 0 aromatic carbocycles. The number of hydrogen-bond acceptors (Lipinski definition) is 2. The van der Waals surface area contributed by atoms with Crippen molar-refractivity contribution in [3.8, 4) is 0 Å². The first-order valence-electron chi connectivity index (χ1n) is 5.53. The number of piperidine rings is 1. The van der Waals surface area contributed by atoms with E-state index < -0.39 is 0 Å². The second-order valence-electron chi connectivity index (χ2n) is 5.00. The number of nitrogens with two attached hydrogens (primary N) is 1. The van der Waals surface area contributed by atoms with Gasteiger partial charge in [-0.3, -0.25) is 4.90 Å². The molecule has 0 saturated carbocycles. The molecule has 0 aliphatic carbocycles. The first-order valence-corrected chi connectivity index (χ1v) is 5.53. The first-order chi connectivity index (χ1) is 6.09. The van der Waals surface area contributed by atoms with Gasteiger partial charge in [0.15, 0.2) is 0 Å². The minimum absolute atomic E-state index is 0.559. The predicted molar refractivity (Wildman–Crippen MR) is 57.7 cm³/mol. The van der Waals surface area contributed by atoms with Crippen LogP contribution in [0.15, 0.2) is 0 Å². The van der Waals surface area contributed by atoms with Crippen molar-refractivity contribution < 1.29 is 0 Å². The lowest BCUT2D eigenvalue weighted by atomic mass is 9.82. The van der Waals surface area contributed by atoms with Crippen LogP contribution in [-0.4, -0.2) is 30.6 Å². The third kappa shape index (κ3) is 2.96. The topological polar surface area (TPSA) is 29.3 Å². The van der Waals surface area contributed by atoms with Gasteiger partial charge in [-0.2, -0.15) is 0 Å². The van der Waals surface area contributed by atoms with Crippen LogP contribution in [0, 0.1) is 5.41 Å². The van der Waals surface area contributed by atoms with Crippen LogP contribution in [0.3, 0.4) is 0 Å². The predicted octanol–water partition coefficient (Wildman–Crippen LogP) is 1.85. The molecule has 2 nitrogen and oxygen atoms in total. The Balaban J connectivity index is 2.39. The molecule has 0 aromatic rings. The van der Waals surface area contributed by atoms with Crippen molar-refractivity contribution in [3.05, 3.63) is 0 Å². The third-order valence-corrected chi connectivity index (χ3v) is 3.41. The number of nitrogens with zero attached hydrogens (tertiary/aromatic N) is 1. The minimum atomic E-state index is 0.559. The van der Waals surface area contributed by atoms with Crippen LogP contribution >= 0.6 is 0 Å². The van der Waals surface area contributed by atoms with Gasteiger partial charge in [0.25, 0.3) is 0 Å². The van der Waals surface area contributed by atoms with Crippen LogP contribution in [0.2, 0.25) is 0 Å². The second-order valence-corrected chi connectivity index (χ2v) is 5.00. The van der Waals surface area contributed by atoms with Gasteiger partial charge in [0, 0.05) is 12.6 Å². The maximum atomic E-state index is 5.74. The molecule has 1 fully saturated rings. The summed E-state index contributed by atoms with van der Waals surface area (Å²) in [4.78, 5) is 2.56. The summed E-state index contributed by atoms with van der Waals surface area (Å²) in [5, 5.41) is 0. The summed E-state index contributed by atoms with van der Waals surface area (Å²) in [5.74, 6) is 0. The highest BCUT2D eigenvalue weighted by Crippen LogP contribution is 2.30. The Morgan fingerprint density at radius 1 is 1.31 bits per heavy atom. The second kappa shape index (κ2) is 4.43.